The van der Waals surface area contributed by atoms with Gasteiger partial charge in [-0.25, -0.2) is 8.42 Å². The summed E-state index contributed by atoms with van der Waals surface area (Å²) in [6, 6.07) is 12.9. The summed E-state index contributed by atoms with van der Waals surface area (Å²) in [6.45, 7) is 10.4. The molecule has 8 heteroatoms. The number of hydrogen-bond acceptors (Lipinski definition) is 5. The normalized spacial score (nSPS) is 14.6. The molecule has 0 bridgehead atoms. The average Bonchev–Trinajstić information content (AvgIpc) is 2.71. The minimum absolute atomic E-state index is 0.0375. The molecular weight excluding hydrogens is 414 g/mol. The summed E-state index contributed by atoms with van der Waals surface area (Å²) in [5, 5.41) is 0. The molecule has 1 amide bonds. The summed E-state index contributed by atoms with van der Waals surface area (Å²) < 4.78 is 33.0. The van der Waals surface area contributed by atoms with E-state index in [1.54, 1.807) is 29.2 Å². The number of piperazine rings is 1. The maximum Gasteiger partial charge on any atom is 0.241 e. The Hall–Kier alpha value is -2.74. The fraction of sp³-hybridized carbons (Fsp3) is 0.435. The third-order valence-corrected chi connectivity index (χ3v) is 6.54. The lowest BCUT2D eigenvalue weighted by molar-refractivity contribution is -0.128. The van der Waals surface area contributed by atoms with Crippen LogP contribution in [0.5, 0.6) is 5.75 Å². The number of nitrogens with one attached hydrogen (secondary N) is 1. The molecule has 0 radical (unpaired) electrons. The maximum atomic E-state index is 12.6. The van der Waals surface area contributed by atoms with Gasteiger partial charge in [0.1, 0.15) is 11.5 Å². The highest BCUT2D eigenvalue weighted by molar-refractivity contribution is 7.93. The van der Waals surface area contributed by atoms with Gasteiger partial charge in [-0.15, -0.1) is 0 Å². The second-order valence-corrected chi connectivity index (χ2v) is 9.86. The fourth-order valence-corrected chi connectivity index (χ4v) is 4.69. The molecular formula is C23H31N3O4S. The standard InChI is InChI=1S/C23H31N3O4S/c1-17(2)30-21-10-8-20(9-11-21)24-31(28,29)16-23(27)26-14-12-25(13-15-26)22-7-5-6-18(3)19(22)4/h5-11,17,24H,12-16H2,1-4H3. The molecule has 1 N–H and O–H groups in total. The number of hydrogen-bond donors (Lipinski definition) is 1. The van der Waals surface area contributed by atoms with E-state index in [0.29, 0.717) is 37.6 Å². The third-order valence-electron chi connectivity index (χ3n) is 5.36. The van der Waals surface area contributed by atoms with Gasteiger partial charge in [0.05, 0.1) is 6.10 Å². The number of rotatable bonds is 7. The van der Waals surface area contributed by atoms with Crippen molar-refractivity contribution in [3.05, 3.63) is 53.6 Å². The van der Waals surface area contributed by atoms with E-state index in [1.165, 1.54) is 16.8 Å². The summed E-state index contributed by atoms with van der Waals surface area (Å²) in [4.78, 5) is 16.5. The van der Waals surface area contributed by atoms with E-state index < -0.39 is 15.8 Å². The predicted octanol–water partition coefficient (Wildman–Crippen LogP) is 3.18. The first-order valence-corrected chi connectivity index (χ1v) is 12.2. The van der Waals surface area contributed by atoms with Crippen molar-refractivity contribution in [3.63, 3.8) is 0 Å². The molecule has 3 rings (SSSR count). The Labute approximate surface area is 185 Å². The Morgan fingerprint density at radius 3 is 2.29 bits per heavy atom. The quantitative estimate of drug-likeness (QED) is 0.708. The zero-order chi connectivity index (χ0) is 22.6. The molecule has 2 aromatic carbocycles. The van der Waals surface area contributed by atoms with E-state index in [4.69, 9.17) is 4.74 Å². The van der Waals surface area contributed by atoms with Crippen molar-refractivity contribution < 1.29 is 17.9 Å². The van der Waals surface area contributed by atoms with Gasteiger partial charge < -0.3 is 14.5 Å². The van der Waals surface area contributed by atoms with E-state index in [2.05, 4.69) is 35.6 Å². The highest BCUT2D eigenvalue weighted by Crippen LogP contribution is 2.24. The monoisotopic (exact) mass is 445 g/mol. The van der Waals surface area contributed by atoms with Crippen LogP contribution in [0.4, 0.5) is 11.4 Å². The molecule has 0 aromatic heterocycles. The number of aryl methyl sites for hydroxylation is 1. The SMILES string of the molecule is Cc1cccc(N2CCN(C(=O)CS(=O)(=O)Nc3ccc(OC(C)C)cc3)CC2)c1C. The molecule has 0 saturated carbocycles. The van der Waals surface area contributed by atoms with Crippen LogP contribution in [0.1, 0.15) is 25.0 Å². The predicted molar refractivity (Wildman–Crippen MR) is 124 cm³/mol. The van der Waals surface area contributed by atoms with Crippen LogP contribution in [-0.2, 0) is 14.8 Å². The molecule has 1 aliphatic heterocycles. The molecule has 1 saturated heterocycles. The van der Waals surface area contributed by atoms with Gasteiger partial charge in [0, 0.05) is 37.6 Å². The Morgan fingerprint density at radius 1 is 1.03 bits per heavy atom. The van der Waals surface area contributed by atoms with Crippen LogP contribution in [0.3, 0.4) is 0 Å². The van der Waals surface area contributed by atoms with Crippen LogP contribution in [0.2, 0.25) is 0 Å². The molecule has 0 spiro atoms. The van der Waals surface area contributed by atoms with Crippen molar-refractivity contribution in [2.24, 2.45) is 0 Å². The molecule has 1 fully saturated rings. The van der Waals surface area contributed by atoms with Gasteiger partial charge >= 0.3 is 0 Å². The lowest BCUT2D eigenvalue weighted by Crippen LogP contribution is -2.50. The Bertz CT molecular complexity index is 1010. The molecule has 7 nitrogen and oxygen atoms in total. The first-order valence-electron chi connectivity index (χ1n) is 10.5. The first-order chi connectivity index (χ1) is 14.6. The van der Waals surface area contributed by atoms with E-state index >= 15 is 0 Å². The molecule has 0 aliphatic carbocycles. The van der Waals surface area contributed by atoms with Crippen LogP contribution in [-0.4, -0.2) is 57.3 Å². The lowest BCUT2D eigenvalue weighted by Gasteiger charge is -2.37. The molecule has 31 heavy (non-hydrogen) atoms. The van der Waals surface area contributed by atoms with Gasteiger partial charge in [0.15, 0.2) is 0 Å². The van der Waals surface area contributed by atoms with Crippen LogP contribution in [0.15, 0.2) is 42.5 Å². The summed E-state index contributed by atoms with van der Waals surface area (Å²) in [5.41, 5.74) is 4.05. The Morgan fingerprint density at radius 2 is 1.68 bits per heavy atom. The van der Waals surface area contributed by atoms with Crippen molar-refractivity contribution in [1.29, 1.82) is 0 Å². The van der Waals surface area contributed by atoms with Crippen molar-refractivity contribution in [3.8, 4) is 5.75 Å². The highest BCUT2D eigenvalue weighted by Gasteiger charge is 2.26. The number of sulfonamides is 1. The second kappa shape index (κ2) is 9.60. The molecule has 0 atom stereocenters. The number of carbonyl (C=O) groups is 1. The summed E-state index contributed by atoms with van der Waals surface area (Å²) >= 11 is 0. The first kappa shape index (κ1) is 22.9. The molecule has 2 aromatic rings. The molecule has 168 valence electrons. The van der Waals surface area contributed by atoms with Crippen molar-refractivity contribution in [2.75, 3.05) is 41.6 Å². The fourth-order valence-electron chi connectivity index (χ4n) is 3.62. The topological polar surface area (TPSA) is 79.0 Å². The van der Waals surface area contributed by atoms with Crippen molar-refractivity contribution in [2.45, 2.75) is 33.8 Å². The van der Waals surface area contributed by atoms with E-state index in [-0.39, 0.29) is 12.0 Å². The molecule has 1 heterocycles. The van der Waals surface area contributed by atoms with E-state index in [0.717, 1.165) is 0 Å². The van der Waals surface area contributed by atoms with Crippen molar-refractivity contribution >= 4 is 27.3 Å². The summed E-state index contributed by atoms with van der Waals surface area (Å²) in [6.07, 6.45) is 0.0375. The minimum atomic E-state index is -3.79. The van der Waals surface area contributed by atoms with Crippen LogP contribution < -0.4 is 14.4 Å². The zero-order valence-corrected chi connectivity index (χ0v) is 19.4. The number of anilines is 2. The number of nitrogens with zero attached hydrogens (tertiary/aromatic N) is 2. The van der Waals surface area contributed by atoms with Gasteiger partial charge in [-0.3, -0.25) is 9.52 Å². The van der Waals surface area contributed by atoms with Gasteiger partial charge in [-0.2, -0.15) is 0 Å². The highest BCUT2D eigenvalue weighted by atomic mass is 32.2. The third kappa shape index (κ3) is 6.13. The van der Waals surface area contributed by atoms with Gasteiger partial charge in [0.2, 0.25) is 15.9 Å². The van der Waals surface area contributed by atoms with Gasteiger partial charge in [-0.1, -0.05) is 12.1 Å². The van der Waals surface area contributed by atoms with Crippen molar-refractivity contribution in [1.82, 2.24) is 4.90 Å². The number of benzene rings is 2. The molecule has 0 unspecified atom stereocenters. The average molecular weight is 446 g/mol. The van der Waals surface area contributed by atoms with Crippen LogP contribution in [0, 0.1) is 13.8 Å². The second-order valence-electron chi connectivity index (χ2n) is 8.14. The van der Waals surface area contributed by atoms with Crippen LogP contribution in [0.25, 0.3) is 0 Å². The summed E-state index contributed by atoms with van der Waals surface area (Å²) in [7, 11) is -3.79. The maximum absolute atomic E-state index is 12.6. The Kier molecular flexibility index (Phi) is 7.10. The number of amides is 1. The molecule has 1 aliphatic rings. The number of ether oxygens (including phenoxy) is 1. The largest absolute Gasteiger partial charge is 0.491 e. The van der Waals surface area contributed by atoms with Gasteiger partial charge in [0.25, 0.3) is 0 Å². The minimum Gasteiger partial charge on any atom is -0.491 e. The summed E-state index contributed by atoms with van der Waals surface area (Å²) in [5.74, 6) is -0.288. The Balaban J connectivity index is 1.54. The van der Waals surface area contributed by atoms with Crippen LogP contribution >= 0.6 is 0 Å². The van der Waals surface area contributed by atoms with E-state index in [1.807, 2.05) is 19.9 Å². The lowest BCUT2D eigenvalue weighted by atomic mass is 10.1. The zero-order valence-electron chi connectivity index (χ0n) is 18.6. The number of carbonyl (C=O) groups excluding carboxylic acids is 1. The van der Waals surface area contributed by atoms with Gasteiger partial charge in [-0.05, 0) is 69.2 Å². The smallest absolute Gasteiger partial charge is 0.241 e. The van der Waals surface area contributed by atoms with E-state index in [9.17, 15) is 13.2 Å².